The van der Waals surface area contributed by atoms with Gasteiger partial charge in [-0.15, -0.1) is 0 Å². The van der Waals surface area contributed by atoms with Crippen molar-refractivity contribution in [3.63, 3.8) is 0 Å². The van der Waals surface area contributed by atoms with Crippen LogP contribution in [0, 0.1) is 0 Å². The van der Waals surface area contributed by atoms with Crippen LogP contribution in [0.15, 0.2) is 53.2 Å². The molecule has 98 valence electrons. The number of carbonyl (C=O) groups excluding carboxylic acids is 1. The number of hydrogen-bond donors (Lipinski definition) is 1. The molecule has 0 aliphatic rings. The van der Waals surface area contributed by atoms with Gasteiger partial charge in [0, 0.05) is 11.8 Å². The van der Waals surface area contributed by atoms with E-state index >= 15 is 0 Å². The summed E-state index contributed by atoms with van der Waals surface area (Å²) in [5.41, 5.74) is 1.98. The van der Waals surface area contributed by atoms with Crippen LogP contribution in [0.1, 0.15) is 31.1 Å². The lowest BCUT2D eigenvalue weighted by Crippen LogP contribution is -2.10. The van der Waals surface area contributed by atoms with E-state index in [-0.39, 0.29) is 5.91 Å². The average Bonchev–Trinajstić information content (AvgIpc) is 2.90. The van der Waals surface area contributed by atoms with Crippen LogP contribution >= 0.6 is 0 Å². The molecule has 1 N–H and O–H groups in total. The second-order valence-electron chi connectivity index (χ2n) is 4.58. The Morgan fingerprint density at radius 1 is 1.21 bits per heavy atom. The minimum atomic E-state index is -0.162. The summed E-state index contributed by atoms with van der Waals surface area (Å²) in [6, 6.07) is 11.4. The van der Waals surface area contributed by atoms with Crippen molar-refractivity contribution in [3.05, 3.63) is 60.1 Å². The molecule has 3 heteroatoms. The Hall–Kier alpha value is -2.29. The van der Waals surface area contributed by atoms with Gasteiger partial charge in [0.2, 0.25) is 5.91 Å². The van der Waals surface area contributed by atoms with E-state index in [1.54, 1.807) is 24.5 Å². The van der Waals surface area contributed by atoms with Crippen molar-refractivity contribution in [2.75, 3.05) is 5.32 Å². The SMILES string of the molecule is CC(C)c1ccccc1NC(=O)/C=C/c1ccco1. The van der Waals surface area contributed by atoms with Crippen LogP contribution in [0.5, 0.6) is 0 Å². The quantitative estimate of drug-likeness (QED) is 0.837. The molecule has 2 aromatic rings. The first kappa shape index (κ1) is 13.1. The smallest absolute Gasteiger partial charge is 0.248 e. The first-order valence-electron chi connectivity index (χ1n) is 6.28. The lowest BCUT2D eigenvalue weighted by molar-refractivity contribution is -0.111. The van der Waals surface area contributed by atoms with Crippen molar-refractivity contribution in [1.29, 1.82) is 0 Å². The highest BCUT2D eigenvalue weighted by Crippen LogP contribution is 2.23. The van der Waals surface area contributed by atoms with Crippen molar-refractivity contribution in [2.45, 2.75) is 19.8 Å². The van der Waals surface area contributed by atoms with Crippen LogP contribution in [0.2, 0.25) is 0 Å². The van der Waals surface area contributed by atoms with Gasteiger partial charge in [0.15, 0.2) is 0 Å². The summed E-state index contributed by atoms with van der Waals surface area (Å²) in [6.07, 6.45) is 4.69. The predicted molar refractivity (Wildman–Crippen MR) is 76.9 cm³/mol. The lowest BCUT2D eigenvalue weighted by Gasteiger charge is -2.12. The van der Waals surface area contributed by atoms with Crippen molar-refractivity contribution >= 4 is 17.7 Å². The van der Waals surface area contributed by atoms with Crippen molar-refractivity contribution in [1.82, 2.24) is 0 Å². The highest BCUT2D eigenvalue weighted by atomic mass is 16.3. The Balaban J connectivity index is 2.07. The van der Waals surface area contributed by atoms with Gasteiger partial charge in [-0.25, -0.2) is 0 Å². The number of para-hydroxylation sites is 1. The van der Waals surface area contributed by atoms with E-state index in [1.807, 2.05) is 24.3 Å². The van der Waals surface area contributed by atoms with E-state index in [4.69, 9.17) is 4.42 Å². The fourth-order valence-electron chi connectivity index (χ4n) is 1.83. The fourth-order valence-corrected chi connectivity index (χ4v) is 1.83. The minimum Gasteiger partial charge on any atom is -0.465 e. The van der Waals surface area contributed by atoms with Crippen LogP contribution in [0.3, 0.4) is 0 Å². The summed E-state index contributed by atoms with van der Waals surface area (Å²) in [4.78, 5) is 11.8. The Labute approximate surface area is 112 Å². The third-order valence-electron chi connectivity index (χ3n) is 2.78. The summed E-state index contributed by atoms with van der Waals surface area (Å²) in [7, 11) is 0. The highest BCUT2D eigenvalue weighted by molar-refractivity contribution is 6.02. The van der Waals surface area contributed by atoms with Gasteiger partial charge in [0.1, 0.15) is 5.76 Å². The first-order valence-corrected chi connectivity index (χ1v) is 6.28. The van der Waals surface area contributed by atoms with Gasteiger partial charge in [0.05, 0.1) is 6.26 Å². The first-order chi connectivity index (χ1) is 9.16. The zero-order valence-corrected chi connectivity index (χ0v) is 11.1. The molecule has 0 aliphatic heterocycles. The summed E-state index contributed by atoms with van der Waals surface area (Å²) in [6.45, 7) is 4.20. The van der Waals surface area contributed by atoms with E-state index in [0.717, 1.165) is 11.3 Å². The van der Waals surface area contributed by atoms with Crippen molar-refractivity contribution in [2.24, 2.45) is 0 Å². The maximum absolute atomic E-state index is 11.8. The monoisotopic (exact) mass is 255 g/mol. The molecule has 0 saturated heterocycles. The Kier molecular flexibility index (Phi) is 4.18. The zero-order valence-electron chi connectivity index (χ0n) is 11.1. The zero-order chi connectivity index (χ0) is 13.7. The number of hydrogen-bond acceptors (Lipinski definition) is 2. The molecule has 1 heterocycles. The van der Waals surface area contributed by atoms with Gasteiger partial charge in [-0.05, 0) is 35.8 Å². The van der Waals surface area contributed by atoms with Crippen LogP contribution in [0.4, 0.5) is 5.69 Å². The molecule has 0 saturated carbocycles. The molecular formula is C16H17NO2. The topological polar surface area (TPSA) is 42.2 Å². The maximum atomic E-state index is 11.8. The van der Waals surface area contributed by atoms with Crippen LogP contribution < -0.4 is 5.32 Å². The number of anilines is 1. The molecule has 0 fully saturated rings. The number of amides is 1. The number of rotatable bonds is 4. The third-order valence-corrected chi connectivity index (χ3v) is 2.78. The second kappa shape index (κ2) is 6.05. The standard InChI is InChI=1S/C16H17NO2/c1-12(2)14-7-3-4-8-15(14)17-16(18)10-9-13-6-5-11-19-13/h3-12H,1-2H3,(H,17,18)/b10-9+. The largest absolute Gasteiger partial charge is 0.465 e. The molecule has 0 spiro atoms. The molecule has 1 aromatic carbocycles. The van der Waals surface area contributed by atoms with Gasteiger partial charge in [-0.2, -0.15) is 0 Å². The molecule has 0 atom stereocenters. The van der Waals surface area contributed by atoms with Crippen LogP contribution in [-0.4, -0.2) is 5.91 Å². The van der Waals surface area contributed by atoms with E-state index in [2.05, 4.69) is 19.2 Å². The van der Waals surface area contributed by atoms with E-state index < -0.39 is 0 Å². The van der Waals surface area contributed by atoms with Crippen molar-refractivity contribution in [3.8, 4) is 0 Å². The summed E-state index contributed by atoms with van der Waals surface area (Å²) in [5, 5.41) is 2.89. The molecule has 0 aliphatic carbocycles. The van der Waals surface area contributed by atoms with Gasteiger partial charge in [-0.1, -0.05) is 32.0 Å². The van der Waals surface area contributed by atoms with E-state index in [9.17, 15) is 4.79 Å². The molecule has 3 nitrogen and oxygen atoms in total. The number of furan rings is 1. The normalized spacial score (nSPS) is 11.1. The predicted octanol–water partition coefficient (Wildman–Crippen LogP) is 4.05. The van der Waals surface area contributed by atoms with E-state index in [0.29, 0.717) is 11.7 Å². The molecule has 0 bridgehead atoms. The summed E-state index contributed by atoms with van der Waals surface area (Å²) < 4.78 is 5.13. The third kappa shape index (κ3) is 3.58. The van der Waals surface area contributed by atoms with Crippen molar-refractivity contribution < 1.29 is 9.21 Å². The minimum absolute atomic E-state index is 0.162. The van der Waals surface area contributed by atoms with Gasteiger partial charge < -0.3 is 9.73 Å². The van der Waals surface area contributed by atoms with Gasteiger partial charge in [-0.3, -0.25) is 4.79 Å². The number of benzene rings is 1. The number of carbonyl (C=O) groups is 1. The summed E-state index contributed by atoms with van der Waals surface area (Å²) >= 11 is 0. The highest BCUT2D eigenvalue weighted by Gasteiger charge is 2.07. The molecular weight excluding hydrogens is 238 g/mol. The molecule has 1 aromatic heterocycles. The molecule has 1 amide bonds. The summed E-state index contributed by atoms with van der Waals surface area (Å²) in [5.74, 6) is 0.863. The maximum Gasteiger partial charge on any atom is 0.248 e. The second-order valence-corrected chi connectivity index (χ2v) is 4.58. The average molecular weight is 255 g/mol. The Morgan fingerprint density at radius 2 is 2.00 bits per heavy atom. The van der Waals surface area contributed by atoms with Crippen LogP contribution in [0.25, 0.3) is 6.08 Å². The Morgan fingerprint density at radius 3 is 2.68 bits per heavy atom. The number of nitrogens with one attached hydrogen (secondary N) is 1. The molecule has 0 radical (unpaired) electrons. The van der Waals surface area contributed by atoms with Gasteiger partial charge >= 0.3 is 0 Å². The lowest BCUT2D eigenvalue weighted by atomic mass is 10.0. The van der Waals surface area contributed by atoms with E-state index in [1.165, 1.54) is 6.08 Å². The Bertz CT molecular complexity index is 568. The molecule has 2 rings (SSSR count). The molecule has 19 heavy (non-hydrogen) atoms. The van der Waals surface area contributed by atoms with Gasteiger partial charge in [0.25, 0.3) is 0 Å². The van der Waals surface area contributed by atoms with Crippen LogP contribution in [-0.2, 0) is 4.79 Å². The fraction of sp³-hybridized carbons (Fsp3) is 0.188. The molecule has 0 unspecified atom stereocenters.